The molecule has 0 aliphatic rings. The molecule has 2 aromatic rings. The summed E-state index contributed by atoms with van der Waals surface area (Å²) in [6.07, 6.45) is 4.66. The average Bonchev–Trinajstić information content (AvgIpc) is 3.00. The molecular formula is C18H27ClIN5O. The Balaban J connectivity index is 0.00000338. The fourth-order valence-corrected chi connectivity index (χ4v) is 2.78. The van der Waals surface area contributed by atoms with Crippen molar-refractivity contribution in [2.24, 2.45) is 12.0 Å². The molecule has 26 heavy (non-hydrogen) atoms. The molecule has 6 nitrogen and oxygen atoms in total. The van der Waals surface area contributed by atoms with Gasteiger partial charge in [0.05, 0.1) is 13.3 Å². The van der Waals surface area contributed by atoms with Gasteiger partial charge in [0.2, 0.25) is 0 Å². The van der Waals surface area contributed by atoms with Crippen molar-refractivity contribution >= 4 is 41.5 Å². The Morgan fingerprint density at radius 2 is 2.19 bits per heavy atom. The molecule has 0 unspecified atom stereocenters. The van der Waals surface area contributed by atoms with Crippen molar-refractivity contribution in [1.82, 2.24) is 20.0 Å². The molecule has 0 aliphatic heterocycles. The molecule has 1 aromatic carbocycles. The van der Waals surface area contributed by atoms with Gasteiger partial charge in [0.1, 0.15) is 5.75 Å². The second kappa shape index (κ2) is 11.3. The van der Waals surface area contributed by atoms with E-state index in [2.05, 4.69) is 22.2 Å². The third kappa shape index (κ3) is 6.68. The molecule has 1 N–H and O–H groups in total. The number of ether oxygens (including phenoxy) is 1. The Hall–Kier alpha value is -1.48. The van der Waals surface area contributed by atoms with E-state index in [0.717, 1.165) is 42.3 Å². The fraction of sp³-hybridized carbons (Fsp3) is 0.444. The standard InChI is InChI=1S/C18H26ClN5O.HI/c1-5-20-18(23(2)12-14-11-22-24(3)13-14)21-9-8-15-6-7-16(25-4)10-17(15)19;/h6-7,10-11,13H,5,8-9,12H2,1-4H3,(H,20,21);1H. The topological polar surface area (TPSA) is 54.7 Å². The lowest BCUT2D eigenvalue weighted by Gasteiger charge is -2.21. The first kappa shape index (κ1) is 22.6. The van der Waals surface area contributed by atoms with Gasteiger partial charge in [0, 0.05) is 50.5 Å². The summed E-state index contributed by atoms with van der Waals surface area (Å²) in [7, 11) is 5.58. The normalized spacial score (nSPS) is 11.0. The van der Waals surface area contributed by atoms with Crippen molar-refractivity contribution < 1.29 is 4.74 Å². The summed E-state index contributed by atoms with van der Waals surface area (Å²) in [5.41, 5.74) is 2.21. The molecule has 8 heteroatoms. The number of hydrogen-bond donors (Lipinski definition) is 1. The third-order valence-corrected chi connectivity index (χ3v) is 4.13. The highest BCUT2D eigenvalue weighted by Gasteiger charge is 2.08. The Morgan fingerprint density at radius 3 is 2.77 bits per heavy atom. The third-order valence-electron chi connectivity index (χ3n) is 3.78. The minimum absolute atomic E-state index is 0. The maximum atomic E-state index is 6.29. The van der Waals surface area contributed by atoms with Crippen molar-refractivity contribution in [3.8, 4) is 5.75 Å². The summed E-state index contributed by atoms with van der Waals surface area (Å²) < 4.78 is 6.98. The smallest absolute Gasteiger partial charge is 0.193 e. The maximum absolute atomic E-state index is 6.29. The molecule has 2 rings (SSSR count). The first-order valence-electron chi connectivity index (χ1n) is 8.32. The molecule has 0 saturated carbocycles. The van der Waals surface area contributed by atoms with Gasteiger partial charge in [-0.2, -0.15) is 5.10 Å². The zero-order valence-electron chi connectivity index (χ0n) is 15.7. The van der Waals surface area contributed by atoms with Crippen molar-refractivity contribution in [1.29, 1.82) is 0 Å². The van der Waals surface area contributed by atoms with E-state index >= 15 is 0 Å². The Kier molecular flexibility index (Phi) is 9.79. The van der Waals surface area contributed by atoms with E-state index in [4.69, 9.17) is 21.3 Å². The number of aliphatic imine (C=N–C) groups is 1. The quantitative estimate of drug-likeness (QED) is 0.367. The van der Waals surface area contributed by atoms with Crippen LogP contribution in [0.1, 0.15) is 18.1 Å². The van der Waals surface area contributed by atoms with Gasteiger partial charge in [-0.25, -0.2) is 0 Å². The van der Waals surface area contributed by atoms with Crippen LogP contribution in [0.25, 0.3) is 0 Å². The number of guanidine groups is 1. The molecule has 0 saturated heterocycles. The van der Waals surface area contributed by atoms with Crippen LogP contribution in [0, 0.1) is 0 Å². The number of nitrogens with one attached hydrogen (secondary N) is 1. The summed E-state index contributed by atoms with van der Waals surface area (Å²) in [6, 6.07) is 5.74. The second-order valence-electron chi connectivity index (χ2n) is 5.82. The number of aryl methyl sites for hydroxylation is 1. The maximum Gasteiger partial charge on any atom is 0.193 e. The zero-order valence-corrected chi connectivity index (χ0v) is 18.8. The Morgan fingerprint density at radius 1 is 1.42 bits per heavy atom. The molecule has 0 bridgehead atoms. The number of benzene rings is 1. The first-order valence-corrected chi connectivity index (χ1v) is 8.70. The predicted octanol–water partition coefficient (Wildman–Crippen LogP) is 3.34. The van der Waals surface area contributed by atoms with Crippen LogP contribution in [0.2, 0.25) is 5.02 Å². The van der Waals surface area contributed by atoms with E-state index in [1.165, 1.54) is 0 Å². The Labute approximate surface area is 177 Å². The van der Waals surface area contributed by atoms with Crippen LogP contribution in [0.5, 0.6) is 5.75 Å². The van der Waals surface area contributed by atoms with Crippen LogP contribution in [-0.2, 0) is 20.0 Å². The molecule has 1 aromatic heterocycles. The van der Waals surface area contributed by atoms with E-state index in [9.17, 15) is 0 Å². The second-order valence-corrected chi connectivity index (χ2v) is 6.23. The summed E-state index contributed by atoms with van der Waals surface area (Å²) in [5.74, 6) is 1.64. The van der Waals surface area contributed by atoms with Crippen LogP contribution in [-0.4, -0.2) is 47.9 Å². The predicted molar refractivity (Wildman–Crippen MR) is 118 cm³/mol. The van der Waals surface area contributed by atoms with Gasteiger partial charge in [-0.3, -0.25) is 9.67 Å². The number of methoxy groups -OCH3 is 1. The molecule has 0 fully saturated rings. The van der Waals surface area contributed by atoms with E-state index in [-0.39, 0.29) is 24.0 Å². The van der Waals surface area contributed by atoms with Crippen molar-refractivity contribution in [3.05, 3.63) is 46.7 Å². The molecular weight excluding hydrogens is 465 g/mol. The van der Waals surface area contributed by atoms with Gasteiger partial charge in [0.15, 0.2) is 5.96 Å². The summed E-state index contributed by atoms with van der Waals surface area (Å²) >= 11 is 6.29. The monoisotopic (exact) mass is 491 g/mol. The van der Waals surface area contributed by atoms with E-state index in [0.29, 0.717) is 11.6 Å². The molecule has 0 spiro atoms. The molecule has 0 radical (unpaired) electrons. The lowest BCUT2D eigenvalue weighted by Crippen LogP contribution is -2.38. The number of rotatable bonds is 7. The molecule has 0 amide bonds. The molecule has 1 heterocycles. The van der Waals surface area contributed by atoms with Crippen molar-refractivity contribution in [3.63, 3.8) is 0 Å². The summed E-state index contributed by atoms with van der Waals surface area (Å²) in [5, 5.41) is 8.24. The number of aromatic nitrogens is 2. The fourth-order valence-electron chi connectivity index (χ4n) is 2.51. The van der Waals surface area contributed by atoms with E-state index < -0.39 is 0 Å². The lowest BCUT2D eigenvalue weighted by molar-refractivity contribution is 0.414. The van der Waals surface area contributed by atoms with Gasteiger partial charge in [-0.1, -0.05) is 17.7 Å². The van der Waals surface area contributed by atoms with E-state index in [1.54, 1.807) is 11.8 Å². The van der Waals surface area contributed by atoms with Gasteiger partial charge >= 0.3 is 0 Å². The first-order chi connectivity index (χ1) is 12.0. The summed E-state index contributed by atoms with van der Waals surface area (Å²) in [6.45, 7) is 4.29. The van der Waals surface area contributed by atoms with Gasteiger partial charge < -0.3 is 15.0 Å². The van der Waals surface area contributed by atoms with E-state index in [1.807, 2.05) is 44.7 Å². The number of nitrogens with zero attached hydrogens (tertiary/aromatic N) is 4. The van der Waals surface area contributed by atoms with Crippen LogP contribution in [0.15, 0.2) is 35.6 Å². The largest absolute Gasteiger partial charge is 0.497 e. The number of hydrogen-bond acceptors (Lipinski definition) is 3. The lowest BCUT2D eigenvalue weighted by atomic mass is 10.1. The zero-order chi connectivity index (χ0) is 18.2. The van der Waals surface area contributed by atoms with Crippen molar-refractivity contribution in [2.45, 2.75) is 19.9 Å². The molecule has 0 atom stereocenters. The minimum Gasteiger partial charge on any atom is -0.497 e. The number of halogens is 2. The van der Waals surface area contributed by atoms with Crippen LogP contribution in [0.3, 0.4) is 0 Å². The highest BCUT2D eigenvalue weighted by atomic mass is 127. The summed E-state index contributed by atoms with van der Waals surface area (Å²) in [4.78, 5) is 6.80. The molecule has 0 aliphatic carbocycles. The van der Waals surface area contributed by atoms with Gasteiger partial charge in [-0.15, -0.1) is 24.0 Å². The van der Waals surface area contributed by atoms with Crippen LogP contribution >= 0.6 is 35.6 Å². The van der Waals surface area contributed by atoms with Gasteiger partial charge in [-0.05, 0) is 31.0 Å². The molecule has 144 valence electrons. The minimum atomic E-state index is 0. The van der Waals surface area contributed by atoms with Crippen LogP contribution < -0.4 is 10.1 Å². The average molecular weight is 492 g/mol. The highest BCUT2D eigenvalue weighted by Crippen LogP contribution is 2.22. The van der Waals surface area contributed by atoms with Crippen LogP contribution in [0.4, 0.5) is 0 Å². The Bertz CT molecular complexity index is 719. The van der Waals surface area contributed by atoms with Crippen molar-refractivity contribution in [2.75, 3.05) is 27.2 Å². The van der Waals surface area contributed by atoms with Gasteiger partial charge in [0.25, 0.3) is 0 Å². The SMILES string of the molecule is CCNC(=NCCc1ccc(OC)cc1Cl)N(C)Cc1cnn(C)c1.I. The highest BCUT2D eigenvalue weighted by molar-refractivity contribution is 14.0.